The van der Waals surface area contributed by atoms with Crippen LogP contribution in [-0.4, -0.2) is 24.1 Å². The van der Waals surface area contributed by atoms with Crippen LogP contribution in [0.5, 0.6) is 0 Å². The average molecular weight is 437 g/mol. The molecular formula is C28H36O4. The van der Waals surface area contributed by atoms with Crippen molar-refractivity contribution >= 4 is 11.9 Å². The molecule has 0 bridgehead atoms. The smallest absolute Gasteiger partial charge is 0.308 e. The number of hydrogen-bond acceptors (Lipinski definition) is 4. The molecule has 0 amide bonds. The third-order valence-electron chi connectivity index (χ3n) is 6.24. The highest BCUT2D eigenvalue weighted by atomic mass is 16.5. The monoisotopic (exact) mass is 436 g/mol. The maximum Gasteiger partial charge on any atom is 0.308 e. The van der Waals surface area contributed by atoms with E-state index in [1.54, 1.807) is 0 Å². The number of carbonyl (C=O) groups excluding carboxylic acids is 2. The molecule has 0 saturated heterocycles. The van der Waals surface area contributed by atoms with E-state index in [4.69, 9.17) is 9.47 Å². The number of benzene rings is 2. The van der Waals surface area contributed by atoms with Crippen LogP contribution in [0.4, 0.5) is 0 Å². The van der Waals surface area contributed by atoms with Gasteiger partial charge in [-0.3, -0.25) is 9.59 Å². The summed E-state index contributed by atoms with van der Waals surface area (Å²) in [6.45, 7) is 7.48. The summed E-state index contributed by atoms with van der Waals surface area (Å²) in [6, 6.07) is 20.9. The van der Waals surface area contributed by atoms with Crippen LogP contribution in [0.25, 0.3) is 0 Å². The van der Waals surface area contributed by atoms with E-state index in [-0.39, 0.29) is 36.0 Å². The second-order valence-corrected chi connectivity index (χ2v) is 9.59. The van der Waals surface area contributed by atoms with Gasteiger partial charge in [0.15, 0.2) is 0 Å². The molecule has 32 heavy (non-hydrogen) atoms. The Balaban J connectivity index is 0.000000181. The number of hydrogen-bond donors (Lipinski definition) is 0. The van der Waals surface area contributed by atoms with E-state index in [2.05, 4.69) is 48.5 Å². The van der Waals surface area contributed by atoms with Gasteiger partial charge in [-0.1, -0.05) is 88.4 Å². The van der Waals surface area contributed by atoms with Crippen LogP contribution in [0.15, 0.2) is 60.7 Å². The van der Waals surface area contributed by atoms with Crippen LogP contribution >= 0.6 is 0 Å². The van der Waals surface area contributed by atoms with E-state index in [1.807, 2.05) is 39.8 Å². The van der Waals surface area contributed by atoms with Gasteiger partial charge in [0, 0.05) is 0 Å². The molecule has 2 aliphatic rings. The van der Waals surface area contributed by atoms with E-state index in [1.165, 1.54) is 11.1 Å². The van der Waals surface area contributed by atoms with Gasteiger partial charge < -0.3 is 9.47 Å². The highest BCUT2D eigenvalue weighted by molar-refractivity contribution is 5.72. The van der Waals surface area contributed by atoms with Crippen LogP contribution in [0.3, 0.4) is 0 Å². The molecule has 2 aromatic carbocycles. The van der Waals surface area contributed by atoms with Crippen molar-refractivity contribution in [3.05, 3.63) is 71.8 Å². The Hall–Kier alpha value is -2.62. The average Bonchev–Trinajstić information content (AvgIpc) is 2.73. The molecule has 0 atom stereocenters. The first-order valence-electron chi connectivity index (χ1n) is 11.8. The second-order valence-electron chi connectivity index (χ2n) is 9.59. The standard InChI is InChI=1S/2C14H18O2/c2*1-10(2)14(15)16-13-8-12(9-13)11-6-4-3-5-7-11/h2*3-7,10,12-13H,8-9H2,1-2H3. The Morgan fingerprint density at radius 1 is 0.625 bits per heavy atom. The summed E-state index contributed by atoms with van der Waals surface area (Å²) in [6.07, 6.45) is 4.18. The maximum atomic E-state index is 11.4. The molecule has 2 fully saturated rings. The van der Waals surface area contributed by atoms with Crippen LogP contribution in [-0.2, 0) is 19.1 Å². The second kappa shape index (κ2) is 11.3. The fourth-order valence-electron chi connectivity index (χ4n) is 3.92. The van der Waals surface area contributed by atoms with Gasteiger partial charge in [0.2, 0.25) is 0 Å². The van der Waals surface area contributed by atoms with E-state index >= 15 is 0 Å². The first kappa shape index (κ1) is 24.0. The molecule has 4 rings (SSSR count). The zero-order valence-corrected chi connectivity index (χ0v) is 19.7. The minimum atomic E-state index is -0.0727. The molecule has 0 radical (unpaired) electrons. The first-order valence-corrected chi connectivity index (χ1v) is 11.8. The highest BCUT2D eigenvalue weighted by Crippen LogP contribution is 2.39. The lowest BCUT2D eigenvalue weighted by Gasteiger charge is -2.35. The summed E-state index contributed by atoms with van der Waals surface area (Å²) in [4.78, 5) is 22.7. The van der Waals surface area contributed by atoms with Crippen LogP contribution in [0.2, 0.25) is 0 Å². The van der Waals surface area contributed by atoms with E-state index in [0.29, 0.717) is 11.8 Å². The minimum absolute atomic E-state index is 0.0178. The molecule has 2 aromatic rings. The quantitative estimate of drug-likeness (QED) is 0.501. The largest absolute Gasteiger partial charge is 0.462 e. The van der Waals surface area contributed by atoms with Crippen molar-refractivity contribution in [2.75, 3.05) is 0 Å². The predicted octanol–water partition coefficient (Wildman–Crippen LogP) is 6.26. The molecule has 4 heteroatoms. The van der Waals surface area contributed by atoms with Gasteiger partial charge in [-0.15, -0.1) is 0 Å². The molecule has 0 N–H and O–H groups in total. The Morgan fingerprint density at radius 3 is 1.22 bits per heavy atom. The molecule has 2 aliphatic carbocycles. The molecule has 0 unspecified atom stereocenters. The Bertz CT molecular complexity index is 774. The van der Waals surface area contributed by atoms with E-state index in [0.717, 1.165) is 25.7 Å². The van der Waals surface area contributed by atoms with Gasteiger partial charge >= 0.3 is 11.9 Å². The number of carbonyl (C=O) groups is 2. The molecule has 2 saturated carbocycles. The molecule has 4 nitrogen and oxygen atoms in total. The lowest BCUT2D eigenvalue weighted by Crippen LogP contribution is -2.33. The molecule has 0 spiro atoms. The fraction of sp³-hybridized carbons (Fsp3) is 0.500. The van der Waals surface area contributed by atoms with Crippen LogP contribution in [0, 0.1) is 11.8 Å². The third kappa shape index (κ3) is 6.69. The van der Waals surface area contributed by atoms with Crippen molar-refractivity contribution in [2.24, 2.45) is 11.8 Å². The molecule has 0 heterocycles. The van der Waals surface area contributed by atoms with Gasteiger partial charge in [-0.2, -0.15) is 0 Å². The van der Waals surface area contributed by atoms with Gasteiger partial charge in [0.1, 0.15) is 12.2 Å². The molecule has 0 aliphatic heterocycles. The SMILES string of the molecule is CC(C)C(=O)OC1CC(c2ccccc2)C1.CC(C)C(=O)OC1CC(c2ccccc2)C1. The highest BCUT2D eigenvalue weighted by Gasteiger charge is 2.34. The first-order chi connectivity index (χ1) is 15.3. The molecular weight excluding hydrogens is 400 g/mol. The van der Waals surface area contributed by atoms with Gasteiger partial charge in [0.25, 0.3) is 0 Å². The predicted molar refractivity (Wildman–Crippen MR) is 126 cm³/mol. The summed E-state index contributed by atoms with van der Waals surface area (Å²) in [5.41, 5.74) is 2.72. The lowest BCUT2D eigenvalue weighted by molar-refractivity contribution is -0.158. The van der Waals surface area contributed by atoms with Crippen molar-refractivity contribution in [2.45, 2.75) is 77.4 Å². The van der Waals surface area contributed by atoms with Crippen LogP contribution < -0.4 is 0 Å². The van der Waals surface area contributed by atoms with Crippen molar-refractivity contribution in [1.82, 2.24) is 0 Å². The van der Waals surface area contributed by atoms with Crippen molar-refractivity contribution in [1.29, 1.82) is 0 Å². The summed E-state index contributed by atoms with van der Waals surface area (Å²) in [5.74, 6) is 0.969. The third-order valence-corrected chi connectivity index (χ3v) is 6.24. The van der Waals surface area contributed by atoms with Gasteiger partial charge in [-0.25, -0.2) is 0 Å². The Labute approximate surface area is 192 Å². The summed E-state index contributed by atoms with van der Waals surface area (Å²) in [7, 11) is 0. The molecule has 0 aromatic heterocycles. The van der Waals surface area contributed by atoms with Gasteiger partial charge in [-0.05, 0) is 48.6 Å². The summed E-state index contributed by atoms with van der Waals surface area (Å²) < 4.78 is 10.7. The Morgan fingerprint density at radius 2 is 0.938 bits per heavy atom. The zero-order valence-electron chi connectivity index (χ0n) is 19.7. The lowest BCUT2D eigenvalue weighted by atomic mass is 9.77. The normalized spacial score (nSPS) is 23.9. The number of esters is 2. The van der Waals surface area contributed by atoms with Crippen molar-refractivity contribution in [3.63, 3.8) is 0 Å². The summed E-state index contributed by atoms with van der Waals surface area (Å²) >= 11 is 0. The van der Waals surface area contributed by atoms with Gasteiger partial charge in [0.05, 0.1) is 11.8 Å². The number of ether oxygens (including phenoxy) is 2. The Kier molecular flexibility index (Phi) is 8.49. The van der Waals surface area contributed by atoms with Crippen molar-refractivity contribution in [3.8, 4) is 0 Å². The number of rotatable bonds is 6. The minimum Gasteiger partial charge on any atom is -0.462 e. The fourth-order valence-corrected chi connectivity index (χ4v) is 3.92. The topological polar surface area (TPSA) is 52.6 Å². The van der Waals surface area contributed by atoms with E-state index in [9.17, 15) is 9.59 Å². The summed E-state index contributed by atoms with van der Waals surface area (Å²) in [5, 5.41) is 0. The van der Waals surface area contributed by atoms with Crippen molar-refractivity contribution < 1.29 is 19.1 Å². The van der Waals surface area contributed by atoms with E-state index < -0.39 is 0 Å². The maximum absolute atomic E-state index is 11.4. The zero-order chi connectivity index (χ0) is 23.1. The molecule has 172 valence electrons. The van der Waals surface area contributed by atoms with Crippen LogP contribution in [0.1, 0.15) is 76.3 Å².